The van der Waals surface area contributed by atoms with Gasteiger partial charge in [0.25, 0.3) is 0 Å². The van der Waals surface area contributed by atoms with E-state index in [2.05, 4.69) is 10.3 Å². The second-order valence-corrected chi connectivity index (χ2v) is 10.5. The topological polar surface area (TPSA) is 124 Å². The molecule has 2 aromatic carbocycles. The first-order valence-electron chi connectivity index (χ1n) is 11.3. The average Bonchev–Trinajstić information content (AvgIpc) is 2.85. The van der Waals surface area contributed by atoms with Gasteiger partial charge in [0.1, 0.15) is 17.1 Å². The Kier molecular flexibility index (Phi) is 6.95. The van der Waals surface area contributed by atoms with Crippen LogP contribution in [0.4, 0.5) is 5.69 Å². The quantitative estimate of drug-likeness (QED) is 0.386. The number of carbonyl (C=O) groups is 2. The van der Waals surface area contributed by atoms with E-state index in [-0.39, 0.29) is 33.7 Å². The Labute approximate surface area is 213 Å². The van der Waals surface area contributed by atoms with E-state index in [4.69, 9.17) is 4.74 Å². The summed E-state index contributed by atoms with van der Waals surface area (Å²) in [5.74, 6) is -1.18. The fourth-order valence-electron chi connectivity index (χ4n) is 4.09. The molecule has 0 radical (unpaired) electrons. The van der Waals surface area contributed by atoms with E-state index in [9.17, 15) is 22.8 Å². The molecular weight excluding hydrogens is 494 g/mol. The smallest absolute Gasteiger partial charge is 0.339 e. The summed E-state index contributed by atoms with van der Waals surface area (Å²) in [4.78, 5) is 42.4. The molecule has 0 bridgehead atoms. The van der Waals surface area contributed by atoms with E-state index >= 15 is 0 Å². The van der Waals surface area contributed by atoms with Crippen LogP contribution in [0, 0.1) is 20.8 Å². The molecule has 4 rings (SSSR count). The summed E-state index contributed by atoms with van der Waals surface area (Å²) in [6.45, 7) is 4.87. The van der Waals surface area contributed by atoms with Crippen molar-refractivity contribution in [2.24, 2.45) is 0 Å². The highest BCUT2D eigenvalue weighted by Crippen LogP contribution is 2.25. The fraction of sp³-hybridized carbons (Fsp3) is 0.185. The first kappa shape index (κ1) is 25.8. The van der Waals surface area contributed by atoms with Crippen molar-refractivity contribution in [1.29, 1.82) is 0 Å². The lowest BCUT2D eigenvalue weighted by molar-refractivity contribution is -0.116. The Bertz CT molecular complexity index is 1720. The molecule has 9 nitrogen and oxygen atoms in total. The van der Waals surface area contributed by atoms with Gasteiger partial charge in [0.2, 0.25) is 21.2 Å². The van der Waals surface area contributed by atoms with Gasteiger partial charge in [-0.3, -0.25) is 9.59 Å². The van der Waals surface area contributed by atoms with Crippen LogP contribution in [0.1, 0.15) is 27.2 Å². The SMILES string of the molecule is COC(=O)c1ccccc1NC(=O)Cn1cc(S(=O)(=O)c2ccc(C)cc2C)c(=O)c2ccc(C)nc21. The highest BCUT2D eigenvalue weighted by atomic mass is 32.2. The van der Waals surface area contributed by atoms with Crippen molar-refractivity contribution in [3.05, 3.63) is 93.4 Å². The molecule has 0 fully saturated rings. The number of methoxy groups -OCH3 is 1. The molecule has 190 valence electrons. The zero-order chi connectivity index (χ0) is 26.9. The minimum atomic E-state index is -4.21. The Morgan fingerprint density at radius 2 is 1.73 bits per heavy atom. The second kappa shape index (κ2) is 9.98. The average molecular weight is 520 g/mol. The standard InChI is InChI=1S/C27H25N3O6S/c1-16-9-12-22(17(2)13-16)37(34,35)23-14-30(26-20(25(23)32)11-10-18(3)28-26)15-24(31)29-21-8-6-5-7-19(21)27(33)36-4/h5-14H,15H2,1-4H3,(H,29,31). The highest BCUT2D eigenvalue weighted by Gasteiger charge is 2.26. The number of anilines is 1. The van der Waals surface area contributed by atoms with E-state index in [1.165, 1.54) is 29.9 Å². The maximum absolute atomic E-state index is 13.6. The van der Waals surface area contributed by atoms with Gasteiger partial charge in [0.15, 0.2) is 0 Å². The maximum atomic E-state index is 13.6. The summed E-state index contributed by atoms with van der Waals surface area (Å²) >= 11 is 0. The molecule has 0 atom stereocenters. The van der Waals surface area contributed by atoms with Crippen molar-refractivity contribution in [3.8, 4) is 0 Å². The summed E-state index contributed by atoms with van der Waals surface area (Å²) in [5.41, 5.74) is 1.84. The van der Waals surface area contributed by atoms with Gasteiger partial charge in [-0.25, -0.2) is 18.2 Å². The van der Waals surface area contributed by atoms with Crippen molar-refractivity contribution in [3.63, 3.8) is 0 Å². The Hall–Kier alpha value is -4.31. The van der Waals surface area contributed by atoms with E-state index in [0.29, 0.717) is 11.3 Å². The third-order valence-corrected chi connectivity index (χ3v) is 7.76. The number of para-hydroxylation sites is 1. The Morgan fingerprint density at radius 3 is 2.43 bits per heavy atom. The maximum Gasteiger partial charge on any atom is 0.339 e. The molecule has 2 heterocycles. The number of benzene rings is 2. The molecule has 1 amide bonds. The van der Waals surface area contributed by atoms with Crippen LogP contribution in [0.2, 0.25) is 0 Å². The summed E-state index contributed by atoms with van der Waals surface area (Å²) in [6, 6.07) is 14.3. The molecular formula is C27H25N3O6S. The van der Waals surface area contributed by atoms with E-state index < -0.39 is 32.0 Å². The third-order valence-electron chi connectivity index (χ3n) is 5.86. The van der Waals surface area contributed by atoms with Crippen LogP contribution in [0.3, 0.4) is 0 Å². The first-order chi connectivity index (χ1) is 17.5. The number of esters is 1. The zero-order valence-electron chi connectivity index (χ0n) is 20.7. The van der Waals surface area contributed by atoms with Gasteiger partial charge >= 0.3 is 5.97 Å². The summed E-state index contributed by atoms with van der Waals surface area (Å²) in [6.07, 6.45) is 1.15. The number of hydrogen-bond acceptors (Lipinski definition) is 7. The summed E-state index contributed by atoms with van der Waals surface area (Å²) in [7, 11) is -2.98. The van der Waals surface area contributed by atoms with Crippen LogP contribution < -0.4 is 10.7 Å². The van der Waals surface area contributed by atoms with Gasteiger partial charge in [-0.15, -0.1) is 0 Å². The number of fused-ring (bicyclic) bond motifs is 1. The predicted octanol–water partition coefficient (Wildman–Crippen LogP) is 3.58. The van der Waals surface area contributed by atoms with E-state index in [1.807, 2.05) is 6.92 Å². The molecule has 4 aromatic rings. The number of aromatic nitrogens is 2. The van der Waals surface area contributed by atoms with Crippen molar-refractivity contribution < 1.29 is 22.7 Å². The lowest BCUT2D eigenvalue weighted by Gasteiger charge is -2.15. The Morgan fingerprint density at radius 1 is 1.00 bits per heavy atom. The number of pyridine rings is 2. The summed E-state index contributed by atoms with van der Waals surface area (Å²) in [5, 5.41) is 2.73. The number of rotatable bonds is 6. The monoisotopic (exact) mass is 519 g/mol. The van der Waals surface area contributed by atoms with Gasteiger partial charge < -0.3 is 14.6 Å². The van der Waals surface area contributed by atoms with E-state index in [0.717, 1.165) is 11.8 Å². The molecule has 0 aliphatic carbocycles. The normalized spacial score (nSPS) is 11.4. The number of nitrogens with one attached hydrogen (secondary N) is 1. The molecule has 37 heavy (non-hydrogen) atoms. The van der Waals surface area contributed by atoms with E-state index in [1.54, 1.807) is 50.2 Å². The largest absolute Gasteiger partial charge is 0.465 e. The van der Waals surface area contributed by atoms with Crippen LogP contribution in [-0.4, -0.2) is 37.0 Å². The van der Waals surface area contributed by atoms with Gasteiger partial charge in [-0.2, -0.15) is 0 Å². The molecule has 0 aliphatic rings. The number of hydrogen-bond donors (Lipinski definition) is 1. The van der Waals surface area contributed by atoms with Crippen LogP contribution in [0.25, 0.3) is 11.0 Å². The van der Waals surface area contributed by atoms with Crippen LogP contribution in [0.15, 0.2) is 75.4 Å². The van der Waals surface area contributed by atoms with Crippen molar-refractivity contribution in [2.45, 2.75) is 37.1 Å². The minimum absolute atomic E-state index is 0.0117. The van der Waals surface area contributed by atoms with Crippen molar-refractivity contribution in [2.75, 3.05) is 12.4 Å². The molecule has 0 unspecified atom stereocenters. The molecule has 0 saturated carbocycles. The molecule has 0 saturated heterocycles. The van der Waals surface area contributed by atoms with Gasteiger partial charge in [-0.05, 0) is 56.7 Å². The summed E-state index contributed by atoms with van der Waals surface area (Å²) < 4.78 is 33.3. The lowest BCUT2D eigenvalue weighted by atomic mass is 10.2. The number of aryl methyl sites for hydroxylation is 3. The predicted molar refractivity (Wildman–Crippen MR) is 139 cm³/mol. The van der Waals surface area contributed by atoms with Crippen molar-refractivity contribution >= 4 is 38.4 Å². The van der Waals surface area contributed by atoms with Gasteiger partial charge in [-0.1, -0.05) is 29.8 Å². The molecule has 0 aliphatic heterocycles. The van der Waals surface area contributed by atoms with Crippen LogP contribution >= 0.6 is 0 Å². The molecule has 10 heteroatoms. The van der Waals surface area contributed by atoms with Gasteiger partial charge in [0.05, 0.1) is 28.6 Å². The second-order valence-electron chi connectivity index (χ2n) is 8.63. The zero-order valence-corrected chi connectivity index (χ0v) is 21.5. The number of nitrogens with zero attached hydrogens (tertiary/aromatic N) is 2. The number of ether oxygens (including phenoxy) is 1. The molecule has 2 aromatic heterocycles. The highest BCUT2D eigenvalue weighted by molar-refractivity contribution is 7.91. The molecule has 1 N–H and O–H groups in total. The van der Waals surface area contributed by atoms with Gasteiger partial charge in [0, 0.05) is 11.9 Å². The first-order valence-corrected chi connectivity index (χ1v) is 12.8. The van der Waals surface area contributed by atoms with Crippen LogP contribution in [0.5, 0.6) is 0 Å². The molecule has 0 spiro atoms. The third kappa shape index (κ3) is 5.01. The number of sulfone groups is 1. The lowest BCUT2D eigenvalue weighted by Crippen LogP contribution is -2.25. The number of carbonyl (C=O) groups excluding carboxylic acids is 2. The van der Waals surface area contributed by atoms with Crippen LogP contribution in [-0.2, 0) is 25.9 Å². The Balaban J connectivity index is 1.82. The minimum Gasteiger partial charge on any atom is -0.465 e. The fourth-order valence-corrected chi connectivity index (χ4v) is 5.68. The van der Waals surface area contributed by atoms with Crippen molar-refractivity contribution in [1.82, 2.24) is 9.55 Å². The number of amides is 1.